The number of aromatic nitrogens is 1. The molecule has 20 heavy (non-hydrogen) atoms. The molecule has 1 saturated heterocycles. The lowest BCUT2D eigenvalue weighted by Crippen LogP contribution is -2.45. The first-order chi connectivity index (χ1) is 9.63. The van der Waals surface area contributed by atoms with Crippen molar-refractivity contribution in [3.05, 3.63) is 10.6 Å². The zero-order valence-corrected chi connectivity index (χ0v) is 13.9. The van der Waals surface area contributed by atoms with Gasteiger partial charge in [0.2, 0.25) is 0 Å². The molecule has 0 aliphatic carbocycles. The normalized spacial score (nSPS) is 23.3. The zero-order valence-electron chi connectivity index (χ0n) is 13.1. The van der Waals surface area contributed by atoms with Gasteiger partial charge in [-0.15, -0.1) is 11.3 Å². The summed E-state index contributed by atoms with van der Waals surface area (Å²) in [4.78, 5) is 8.68. The Morgan fingerprint density at radius 1 is 1.30 bits per heavy atom. The largest absolute Gasteiger partial charge is 0.372 e. The molecule has 1 N–H and O–H groups in total. The quantitative estimate of drug-likeness (QED) is 0.876. The van der Waals surface area contributed by atoms with E-state index < -0.39 is 0 Å². The molecule has 0 saturated carbocycles. The fraction of sp³-hybridized carbons (Fsp3) is 0.800. The van der Waals surface area contributed by atoms with Crippen LogP contribution >= 0.6 is 11.3 Å². The van der Waals surface area contributed by atoms with E-state index in [1.807, 2.05) is 11.3 Å². The summed E-state index contributed by atoms with van der Waals surface area (Å²) in [7, 11) is 0. The molecular weight excluding hydrogens is 270 g/mol. The number of hydrogen-bond donors (Lipinski definition) is 1. The lowest BCUT2D eigenvalue weighted by molar-refractivity contribution is -0.00523. The number of nitrogens with one attached hydrogen (secondary N) is 1. The summed E-state index contributed by atoms with van der Waals surface area (Å²) in [5.74, 6) is 0. The third-order valence-corrected chi connectivity index (χ3v) is 4.64. The van der Waals surface area contributed by atoms with Crippen molar-refractivity contribution >= 4 is 16.5 Å². The third-order valence-electron chi connectivity index (χ3n) is 3.48. The molecule has 1 aliphatic heterocycles. The maximum atomic E-state index is 5.81. The smallest absolute Gasteiger partial charge is 0.186 e. The van der Waals surface area contributed by atoms with Crippen LogP contribution in [0.1, 0.15) is 44.7 Å². The van der Waals surface area contributed by atoms with Crippen molar-refractivity contribution in [2.24, 2.45) is 0 Å². The first-order valence-corrected chi connectivity index (χ1v) is 8.55. The van der Waals surface area contributed by atoms with Gasteiger partial charge in [0.05, 0.1) is 17.9 Å². The molecule has 0 radical (unpaired) electrons. The van der Waals surface area contributed by atoms with Crippen LogP contribution in [0.5, 0.6) is 0 Å². The van der Waals surface area contributed by atoms with Gasteiger partial charge in [-0.1, -0.05) is 20.3 Å². The molecule has 114 valence electrons. The summed E-state index contributed by atoms with van der Waals surface area (Å²) in [5.41, 5.74) is 1.28. The molecule has 2 rings (SSSR count). The van der Waals surface area contributed by atoms with Gasteiger partial charge >= 0.3 is 0 Å². The Hall–Kier alpha value is -0.650. The Morgan fingerprint density at radius 2 is 2.00 bits per heavy atom. The number of hydrogen-bond acceptors (Lipinski definition) is 5. The third kappa shape index (κ3) is 3.93. The van der Waals surface area contributed by atoms with Crippen molar-refractivity contribution < 1.29 is 4.74 Å². The molecule has 1 aromatic heterocycles. The average molecular weight is 297 g/mol. The van der Waals surface area contributed by atoms with Gasteiger partial charge in [-0.2, -0.15) is 0 Å². The van der Waals surface area contributed by atoms with Gasteiger partial charge in [0.1, 0.15) is 0 Å². The maximum Gasteiger partial charge on any atom is 0.186 e. The first kappa shape index (κ1) is 15.7. The zero-order chi connectivity index (χ0) is 14.5. The topological polar surface area (TPSA) is 37.4 Å². The molecule has 1 aromatic rings. The minimum Gasteiger partial charge on any atom is -0.372 e. The highest BCUT2D eigenvalue weighted by Crippen LogP contribution is 2.29. The van der Waals surface area contributed by atoms with Gasteiger partial charge in [-0.3, -0.25) is 0 Å². The van der Waals surface area contributed by atoms with Crippen LogP contribution in [0.25, 0.3) is 0 Å². The molecule has 0 bridgehead atoms. The van der Waals surface area contributed by atoms with E-state index in [4.69, 9.17) is 9.72 Å². The molecule has 4 nitrogen and oxygen atoms in total. The molecule has 1 aliphatic rings. The Bertz CT molecular complexity index is 411. The van der Waals surface area contributed by atoms with E-state index in [2.05, 4.69) is 37.9 Å². The second-order valence-electron chi connectivity index (χ2n) is 5.56. The lowest BCUT2D eigenvalue weighted by atomic mass is 10.2. The lowest BCUT2D eigenvalue weighted by Gasteiger charge is -2.35. The molecule has 2 heterocycles. The summed E-state index contributed by atoms with van der Waals surface area (Å²) in [6.45, 7) is 12.5. The number of ether oxygens (including phenoxy) is 1. The monoisotopic (exact) mass is 297 g/mol. The molecule has 0 unspecified atom stereocenters. The number of thiazole rings is 1. The van der Waals surface area contributed by atoms with E-state index in [9.17, 15) is 0 Å². The predicted molar refractivity (Wildman–Crippen MR) is 85.7 cm³/mol. The minimum absolute atomic E-state index is 0.287. The molecule has 2 atom stereocenters. The fourth-order valence-corrected chi connectivity index (χ4v) is 3.74. The van der Waals surface area contributed by atoms with Crippen molar-refractivity contribution in [3.63, 3.8) is 0 Å². The van der Waals surface area contributed by atoms with E-state index in [0.717, 1.165) is 39.0 Å². The van der Waals surface area contributed by atoms with Crippen LogP contribution < -0.4 is 10.2 Å². The standard InChI is InChI=1S/C15H27N3OS/c1-5-7-13-14(8-16-6-2)20-15(17-13)18-9-11(3)19-12(4)10-18/h11-12,16H,5-10H2,1-4H3/t11-,12+. The van der Waals surface area contributed by atoms with E-state index in [1.165, 1.54) is 15.7 Å². The molecule has 0 amide bonds. The van der Waals surface area contributed by atoms with Crippen LogP contribution in [0.15, 0.2) is 0 Å². The van der Waals surface area contributed by atoms with Gasteiger partial charge < -0.3 is 15.0 Å². The Kier molecular flexibility index (Phi) is 5.81. The highest BCUT2D eigenvalue weighted by atomic mass is 32.1. The summed E-state index contributed by atoms with van der Waals surface area (Å²) in [5, 5.41) is 4.59. The van der Waals surface area contributed by atoms with Gasteiger partial charge in [0.25, 0.3) is 0 Å². The summed E-state index contributed by atoms with van der Waals surface area (Å²) >= 11 is 1.85. The highest BCUT2D eigenvalue weighted by molar-refractivity contribution is 7.15. The fourth-order valence-electron chi connectivity index (χ4n) is 2.65. The van der Waals surface area contributed by atoms with Crippen molar-refractivity contribution in [1.82, 2.24) is 10.3 Å². The number of nitrogens with zero attached hydrogens (tertiary/aromatic N) is 2. The van der Waals surface area contributed by atoms with Crippen LogP contribution in [0.3, 0.4) is 0 Å². The van der Waals surface area contributed by atoms with Gasteiger partial charge in [-0.25, -0.2) is 4.98 Å². The average Bonchev–Trinajstić information content (AvgIpc) is 2.79. The van der Waals surface area contributed by atoms with E-state index in [1.54, 1.807) is 0 Å². The maximum absolute atomic E-state index is 5.81. The first-order valence-electron chi connectivity index (χ1n) is 7.73. The van der Waals surface area contributed by atoms with Crippen molar-refractivity contribution in [2.45, 2.75) is 59.3 Å². The Balaban J connectivity index is 2.14. The predicted octanol–water partition coefficient (Wildman–Crippen LogP) is 2.82. The Labute approximate surface area is 126 Å². The molecule has 0 spiro atoms. The summed E-state index contributed by atoms with van der Waals surface area (Å²) in [6, 6.07) is 0. The SMILES string of the molecule is CCCc1nc(N2C[C@@H](C)O[C@@H](C)C2)sc1CNCC. The minimum atomic E-state index is 0.287. The van der Waals surface area contributed by atoms with Crippen LogP contribution in [-0.4, -0.2) is 36.8 Å². The van der Waals surface area contributed by atoms with Crippen LogP contribution in [0.4, 0.5) is 5.13 Å². The molecular formula is C15H27N3OS. The van der Waals surface area contributed by atoms with Gasteiger partial charge in [0, 0.05) is 24.5 Å². The molecule has 5 heteroatoms. The van der Waals surface area contributed by atoms with Gasteiger partial charge in [-0.05, 0) is 26.8 Å². The number of rotatable bonds is 6. The molecule has 1 fully saturated rings. The van der Waals surface area contributed by atoms with Crippen molar-refractivity contribution in [1.29, 1.82) is 0 Å². The summed E-state index contributed by atoms with van der Waals surface area (Å²) < 4.78 is 5.81. The van der Waals surface area contributed by atoms with Gasteiger partial charge in [0.15, 0.2) is 5.13 Å². The number of aryl methyl sites for hydroxylation is 1. The van der Waals surface area contributed by atoms with E-state index in [0.29, 0.717) is 0 Å². The van der Waals surface area contributed by atoms with Crippen LogP contribution in [0, 0.1) is 0 Å². The van der Waals surface area contributed by atoms with Crippen LogP contribution in [0.2, 0.25) is 0 Å². The van der Waals surface area contributed by atoms with Crippen molar-refractivity contribution in [3.8, 4) is 0 Å². The number of morpholine rings is 1. The summed E-state index contributed by atoms with van der Waals surface area (Å²) in [6.07, 6.45) is 2.80. The van der Waals surface area contributed by atoms with Crippen molar-refractivity contribution in [2.75, 3.05) is 24.5 Å². The van der Waals surface area contributed by atoms with Crippen LogP contribution in [-0.2, 0) is 17.7 Å². The molecule has 0 aromatic carbocycles. The van der Waals surface area contributed by atoms with E-state index >= 15 is 0 Å². The van der Waals surface area contributed by atoms with E-state index in [-0.39, 0.29) is 12.2 Å². The highest BCUT2D eigenvalue weighted by Gasteiger charge is 2.25. The second-order valence-corrected chi connectivity index (χ2v) is 6.62. The second kappa shape index (κ2) is 7.38. The Morgan fingerprint density at radius 3 is 2.60 bits per heavy atom. The number of anilines is 1.